The van der Waals surface area contributed by atoms with Gasteiger partial charge in [-0.3, -0.25) is 4.90 Å². The number of hydrogen-bond acceptors (Lipinski definition) is 2. The number of carbonyl (C=O) groups excluding carboxylic acids is 1. The van der Waals surface area contributed by atoms with Gasteiger partial charge in [0.05, 0.1) is 0 Å². The van der Waals surface area contributed by atoms with Gasteiger partial charge < -0.3 is 9.64 Å². The summed E-state index contributed by atoms with van der Waals surface area (Å²) in [6.07, 6.45) is 0. The second-order valence-electron chi connectivity index (χ2n) is 3.35. The maximum absolute atomic E-state index is 11.7. The van der Waals surface area contributed by atoms with Crippen molar-refractivity contribution >= 4 is 23.3 Å². The van der Waals surface area contributed by atoms with Crippen LogP contribution < -0.4 is 4.90 Å². The van der Waals surface area contributed by atoms with Gasteiger partial charge in [-0.1, -0.05) is 11.6 Å². The van der Waals surface area contributed by atoms with E-state index in [2.05, 4.69) is 0 Å². The van der Waals surface area contributed by atoms with Crippen LogP contribution >= 0.6 is 11.6 Å². The van der Waals surface area contributed by atoms with E-state index in [1.54, 1.807) is 36.2 Å². The van der Waals surface area contributed by atoms with Crippen molar-refractivity contribution in [2.75, 3.05) is 25.4 Å². The number of hydrogen-bond donors (Lipinski definition) is 0. The molecule has 1 heterocycles. The Morgan fingerprint density at radius 2 is 1.93 bits per heavy atom. The van der Waals surface area contributed by atoms with E-state index in [9.17, 15) is 4.79 Å². The molecule has 1 aliphatic heterocycles. The minimum Gasteiger partial charge on any atom is -0.340 e. The van der Waals surface area contributed by atoms with Crippen molar-refractivity contribution in [3.8, 4) is 0 Å². The summed E-state index contributed by atoms with van der Waals surface area (Å²) in [7, 11) is 1.70. The number of amides is 2. The van der Waals surface area contributed by atoms with Gasteiger partial charge in [-0.15, -0.1) is 0 Å². The molecule has 2 rings (SSSR count). The summed E-state index contributed by atoms with van der Waals surface area (Å²) in [4.78, 5) is 14.8. The number of urea groups is 1. The van der Waals surface area contributed by atoms with Crippen LogP contribution in [-0.4, -0.2) is 31.4 Å². The number of carbonyl (C=O) groups is 1. The first-order valence-corrected chi connectivity index (χ1v) is 4.92. The predicted octanol–water partition coefficient (Wildman–Crippen LogP) is 2.14. The largest absolute Gasteiger partial charge is 0.340 e. The summed E-state index contributed by atoms with van der Waals surface area (Å²) in [5.41, 5.74) is 0.788. The highest BCUT2D eigenvalue weighted by atomic mass is 35.5. The molecule has 1 aromatic rings. The highest BCUT2D eigenvalue weighted by molar-refractivity contribution is 6.30. The van der Waals surface area contributed by atoms with Crippen molar-refractivity contribution in [1.82, 2.24) is 4.90 Å². The van der Waals surface area contributed by atoms with Gasteiger partial charge in [-0.25, -0.2) is 4.79 Å². The molecule has 1 fully saturated rings. The highest BCUT2D eigenvalue weighted by Crippen LogP contribution is 2.20. The molecule has 0 radical (unpaired) electrons. The molecule has 15 heavy (non-hydrogen) atoms. The third-order valence-corrected chi connectivity index (χ3v) is 2.45. The number of rotatable bonds is 1. The first-order valence-electron chi connectivity index (χ1n) is 4.54. The van der Waals surface area contributed by atoms with E-state index >= 15 is 0 Å². The molecule has 0 saturated carbocycles. The lowest BCUT2D eigenvalue weighted by Gasteiger charge is -2.32. The molecule has 0 N–H and O–H groups in total. The van der Waals surface area contributed by atoms with Crippen LogP contribution in [0.15, 0.2) is 24.3 Å². The van der Waals surface area contributed by atoms with Crippen LogP contribution in [0.5, 0.6) is 0 Å². The van der Waals surface area contributed by atoms with Crippen LogP contribution in [0.1, 0.15) is 0 Å². The quantitative estimate of drug-likeness (QED) is 0.735. The van der Waals surface area contributed by atoms with Crippen LogP contribution in [-0.2, 0) is 4.74 Å². The first-order chi connectivity index (χ1) is 7.18. The second kappa shape index (κ2) is 4.08. The third-order valence-electron chi connectivity index (χ3n) is 2.20. The van der Waals surface area contributed by atoms with E-state index in [-0.39, 0.29) is 12.8 Å². The number of anilines is 1. The van der Waals surface area contributed by atoms with Crippen molar-refractivity contribution in [2.45, 2.75) is 0 Å². The molecule has 0 aliphatic carbocycles. The molecule has 0 unspecified atom stereocenters. The molecular formula is C10H11ClN2O2. The number of nitrogens with zero attached hydrogens (tertiary/aromatic N) is 2. The summed E-state index contributed by atoms with van der Waals surface area (Å²) in [5.74, 6) is 0. The Bertz CT molecular complexity index is 366. The van der Waals surface area contributed by atoms with Gasteiger partial charge in [0.25, 0.3) is 0 Å². The average molecular weight is 227 g/mol. The van der Waals surface area contributed by atoms with Gasteiger partial charge in [0.1, 0.15) is 13.5 Å². The molecule has 0 aromatic heterocycles. The zero-order valence-electron chi connectivity index (χ0n) is 8.31. The summed E-state index contributed by atoms with van der Waals surface area (Å²) in [6.45, 7) is 0.619. The van der Waals surface area contributed by atoms with Gasteiger partial charge in [0, 0.05) is 17.8 Å². The predicted molar refractivity (Wildman–Crippen MR) is 57.9 cm³/mol. The van der Waals surface area contributed by atoms with Gasteiger partial charge in [0.2, 0.25) is 0 Å². The molecule has 1 aliphatic rings. The van der Waals surface area contributed by atoms with Crippen LogP contribution in [0.4, 0.5) is 10.5 Å². The minimum absolute atomic E-state index is 0.0661. The van der Waals surface area contributed by atoms with Crippen molar-refractivity contribution in [3.05, 3.63) is 29.3 Å². The number of halogens is 1. The van der Waals surface area contributed by atoms with Crippen molar-refractivity contribution < 1.29 is 9.53 Å². The Morgan fingerprint density at radius 1 is 1.27 bits per heavy atom. The SMILES string of the molecule is CN1COCN(c2ccc(Cl)cc2)C1=O. The Balaban J connectivity index is 2.22. The zero-order valence-corrected chi connectivity index (χ0v) is 9.07. The van der Waals surface area contributed by atoms with Crippen molar-refractivity contribution in [1.29, 1.82) is 0 Å². The molecule has 1 saturated heterocycles. The molecule has 2 amide bonds. The zero-order chi connectivity index (χ0) is 10.8. The van der Waals surface area contributed by atoms with E-state index in [0.717, 1.165) is 5.69 Å². The lowest BCUT2D eigenvalue weighted by Crippen LogP contribution is -2.48. The smallest absolute Gasteiger partial charge is 0.327 e. The van der Waals surface area contributed by atoms with E-state index in [0.29, 0.717) is 11.8 Å². The number of ether oxygens (including phenoxy) is 1. The summed E-state index contributed by atoms with van der Waals surface area (Å²) in [6, 6.07) is 7.02. The molecule has 0 bridgehead atoms. The van der Waals surface area contributed by atoms with Gasteiger partial charge >= 0.3 is 6.03 Å². The Kier molecular flexibility index (Phi) is 2.79. The van der Waals surface area contributed by atoms with E-state index in [1.807, 2.05) is 0 Å². The normalized spacial score (nSPS) is 17.1. The average Bonchev–Trinajstić information content (AvgIpc) is 2.24. The van der Waals surface area contributed by atoms with Crippen molar-refractivity contribution in [3.63, 3.8) is 0 Å². The molecule has 80 valence electrons. The number of benzene rings is 1. The molecular weight excluding hydrogens is 216 g/mol. The second-order valence-corrected chi connectivity index (χ2v) is 3.78. The fourth-order valence-electron chi connectivity index (χ4n) is 1.39. The van der Waals surface area contributed by atoms with Crippen molar-refractivity contribution in [2.24, 2.45) is 0 Å². The third kappa shape index (κ3) is 2.06. The van der Waals surface area contributed by atoms with Crippen LogP contribution in [0.25, 0.3) is 0 Å². The summed E-state index contributed by atoms with van der Waals surface area (Å²) >= 11 is 5.77. The Morgan fingerprint density at radius 3 is 2.60 bits per heavy atom. The van der Waals surface area contributed by atoms with Crippen LogP contribution in [0.3, 0.4) is 0 Å². The van der Waals surface area contributed by atoms with E-state index < -0.39 is 0 Å². The lowest BCUT2D eigenvalue weighted by atomic mass is 10.3. The minimum atomic E-state index is -0.0661. The fraction of sp³-hybridized carbons (Fsp3) is 0.300. The Labute approximate surface area is 93.0 Å². The van der Waals surface area contributed by atoms with Crippen LogP contribution in [0, 0.1) is 0 Å². The highest BCUT2D eigenvalue weighted by Gasteiger charge is 2.24. The molecule has 0 spiro atoms. The fourth-order valence-corrected chi connectivity index (χ4v) is 1.52. The van der Waals surface area contributed by atoms with Gasteiger partial charge in [-0.2, -0.15) is 0 Å². The Hall–Kier alpha value is -1.26. The molecule has 0 atom stereocenters. The van der Waals surface area contributed by atoms with Gasteiger partial charge in [0.15, 0.2) is 0 Å². The maximum Gasteiger partial charge on any atom is 0.327 e. The molecule has 4 nitrogen and oxygen atoms in total. The lowest BCUT2D eigenvalue weighted by molar-refractivity contribution is 0.0362. The maximum atomic E-state index is 11.7. The summed E-state index contributed by atoms with van der Waals surface area (Å²) in [5, 5.41) is 0.650. The first kappa shape index (κ1) is 10.3. The van der Waals surface area contributed by atoms with E-state index in [1.165, 1.54) is 4.90 Å². The van der Waals surface area contributed by atoms with Crippen LogP contribution in [0.2, 0.25) is 5.02 Å². The summed E-state index contributed by atoms with van der Waals surface area (Å²) < 4.78 is 5.25. The molecule has 1 aromatic carbocycles. The topological polar surface area (TPSA) is 32.8 Å². The molecule has 5 heteroatoms. The van der Waals surface area contributed by atoms with E-state index in [4.69, 9.17) is 16.3 Å². The monoisotopic (exact) mass is 226 g/mol. The van der Waals surface area contributed by atoms with Gasteiger partial charge in [-0.05, 0) is 24.3 Å². The standard InChI is InChI=1S/C10H11ClN2O2/c1-12-6-15-7-13(10(12)14)9-4-2-8(11)3-5-9/h2-5H,6-7H2,1H3.